The van der Waals surface area contributed by atoms with Crippen molar-refractivity contribution in [3.63, 3.8) is 0 Å². The lowest BCUT2D eigenvalue weighted by Crippen LogP contribution is -2.68. The smallest absolute Gasteiger partial charge is 0.409 e. The summed E-state index contributed by atoms with van der Waals surface area (Å²) >= 11 is 1.37. The number of carbonyl (C=O) groups is 3. The summed E-state index contributed by atoms with van der Waals surface area (Å²) in [5.74, 6) is -1.27. The number of nitrogens with zero attached hydrogens (tertiary/aromatic N) is 2. The summed E-state index contributed by atoms with van der Waals surface area (Å²) < 4.78 is 4.98. The molecule has 0 aromatic carbocycles. The van der Waals surface area contributed by atoms with E-state index in [1.54, 1.807) is 0 Å². The van der Waals surface area contributed by atoms with Crippen LogP contribution in [-0.2, 0) is 14.3 Å². The van der Waals surface area contributed by atoms with Crippen molar-refractivity contribution in [2.45, 2.75) is 11.4 Å². The highest BCUT2D eigenvalue weighted by molar-refractivity contribution is 8.00. The number of aliphatic carboxylic acids is 1. The zero-order valence-corrected chi connectivity index (χ0v) is 11.8. The summed E-state index contributed by atoms with van der Waals surface area (Å²) in [5, 5.41) is 8.91. The maximum atomic E-state index is 11.7. The Labute approximate surface area is 119 Å². The van der Waals surface area contributed by atoms with Gasteiger partial charge in [0.15, 0.2) is 0 Å². The normalized spacial score (nSPS) is 24.9. The first-order valence-electron chi connectivity index (χ1n) is 5.84. The van der Waals surface area contributed by atoms with Crippen LogP contribution in [0.25, 0.3) is 0 Å². The monoisotopic (exact) mass is 301 g/mol. The van der Waals surface area contributed by atoms with Gasteiger partial charge in [-0.3, -0.25) is 9.69 Å². The second-order valence-corrected chi connectivity index (χ2v) is 5.75. The molecule has 1 unspecified atom stereocenters. The van der Waals surface area contributed by atoms with E-state index in [1.807, 2.05) is 0 Å². The summed E-state index contributed by atoms with van der Waals surface area (Å²) in [4.78, 5) is 36.8. The molecule has 2 amide bonds. The lowest BCUT2D eigenvalue weighted by Gasteiger charge is -2.47. The molecule has 0 aromatic heterocycles. The van der Waals surface area contributed by atoms with E-state index in [9.17, 15) is 19.5 Å². The summed E-state index contributed by atoms with van der Waals surface area (Å²) in [7, 11) is 3.05. The number of nitrogens with two attached hydrogens (primary N) is 1. The Morgan fingerprint density at radius 2 is 2.20 bits per heavy atom. The average molecular weight is 301 g/mol. The minimum absolute atomic E-state index is 0.119. The summed E-state index contributed by atoms with van der Waals surface area (Å²) in [6.07, 6.45) is -0.569. The number of carbonyl (C=O) groups excluding carboxylic acids is 2. The number of hydrogen-bond acceptors (Lipinski definition) is 6. The van der Waals surface area contributed by atoms with E-state index in [1.165, 1.54) is 35.7 Å². The molecule has 0 saturated carbocycles. The molecule has 0 bridgehead atoms. The van der Waals surface area contributed by atoms with Crippen LogP contribution in [0.2, 0.25) is 0 Å². The van der Waals surface area contributed by atoms with Gasteiger partial charge in [-0.05, 0) is 0 Å². The SMILES string of the molecule is CN(C)C(=O)OCC1=C(C(=O)O)N2C(=O)C(N)[C@@H]2SC1. The quantitative estimate of drug-likeness (QED) is 0.660. The summed E-state index contributed by atoms with van der Waals surface area (Å²) in [6, 6.07) is -0.666. The first-order chi connectivity index (χ1) is 9.34. The molecule has 2 heterocycles. The predicted octanol–water partition coefficient (Wildman–Crippen LogP) is -0.734. The Bertz CT molecular complexity index is 504. The van der Waals surface area contributed by atoms with Gasteiger partial charge >= 0.3 is 12.1 Å². The molecular weight excluding hydrogens is 286 g/mol. The van der Waals surface area contributed by atoms with Gasteiger partial charge in [0.1, 0.15) is 23.7 Å². The number of β-lactam (4-membered cyclic amide) rings is 1. The van der Waals surface area contributed by atoms with Gasteiger partial charge in [0.2, 0.25) is 5.91 Å². The van der Waals surface area contributed by atoms with Gasteiger partial charge in [-0.15, -0.1) is 11.8 Å². The molecule has 8 nitrogen and oxygen atoms in total. The van der Waals surface area contributed by atoms with Crippen molar-refractivity contribution in [1.82, 2.24) is 9.80 Å². The number of rotatable bonds is 3. The van der Waals surface area contributed by atoms with E-state index in [-0.39, 0.29) is 17.7 Å². The minimum Gasteiger partial charge on any atom is -0.477 e. The molecule has 0 radical (unpaired) electrons. The first-order valence-corrected chi connectivity index (χ1v) is 6.89. The maximum absolute atomic E-state index is 11.7. The van der Waals surface area contributed by atoms with Crippen LogP contribution in [0.4, 0.5) is 4.79 Å². The van der Waals surface area contributed by atoms with Gasteiger partial charge in [0, 0.05) is 25.4 Å². The number of carboxylic acids is 1. The van der Waals surface area contributed by atoms with Crippen molar-refractivity contribution in [2.75, 3.05) is 26.5 Å². The van der Waals surface area contributed by atoms with E-state index in [0.29, 0.717) is 11.3 Å². The zero-order chi connectivity index (χ0) is 15.0. The molecule has 110 valence electrons. The number of amides is 2. The third kappa shape index (κ3) is 2.34. The molecule has 2 atom stereocenters. The van der Waals surface area contributed by atoms with Crippen molar-refractivity contribution >= 4 is 29.7 Å². The lowest BCUT2D eigenvalue weighted by atomic mass is 10.0. The molecule has 0 aliphatic carbocycles. The molecule has 1 saturated heterocycles. The molecule has 3 N–H and O–H groups in total. The van der Waals surface area contributed by atoms with E-state index in [2.05, 4.69) is 0 Å². The van der Waals surface area contributed by atoms with Crippen molar-refractivity contribution in [2.24, 2.45) is 5.73 Å². The van der Waals surface area contributed by atoms with Crippen LogP contribution >= 0.6 is 11.8 Å². The van der Waals surface area contributed by atoms with E-state index < -0.39 is 24.0 Å². The molecule has 0 spiro atoms. The average Bonchev–Trinajstić information content (AvgIpc) is 2.42. The van der Waals surface area contributed by atoms with Gasteiger partial charge in [-0.2, -0.15) is 0 Å². The standard InChI is InChI=1S/C11H15N3O5S/c1-13(2)11(18)19-3-5-4-20-9-6(12)8(15)14(9)7(5)10(16)17/h6,9H,3-4,12H2,1-2H3,(H,16,17)/t6?,9-/m0/s1. The molecule has 0 aromatic rings. The largest absolute Gasteiger partial charge is 0.477 e. The number of thioether (sulfide) groups is 1. The molecule has 9 heteroatoms. The van der Waals surface area contributed by atoms with E-state index in [0.717, 1.165) is 0 Å². The van der Waals surface area contributed by atoms with Crippen molar-refractivity contribution in [3.05, 3.63) is 11.3 Å². The molecule has 20 heavy (non-hydrogen) atoms. The van der Waals surface area contributed by atoms with Crippen LogP contribution in [0.1, 0.15) is 0 Å². The topological polar surface area (TPSA) is 113 Å². The Kier molecular flexibility index (Phi) is 3.91. The highest BCUT2D eigenvalue weighted by Gasteiger charge is 2.51. The number of ether oxygens (including phenoxy) is 1. The van der Waals surface area contributed by atoms with Crippen LogP contribution in [0, 0.1) is 0 Å². The van der Waals surface area contributed by atoms with Crippen LogP contribution in [0.15, 0.2) is 11.3 Å². The lowest BCUT2D eigenvalue weighted by molar-refractivity contribution is -0.148. The second-order valence-electron chi connectivity index (χ2n) is 4.64. The Morgan fingerprint density at radius 3 is 2.75 bits per heavy atom. The predicted molar refractivity (Wildman–Crippen MR) is 70.8 cm³/mol. The fourth-order valence-corrected chi connectivity index (χ4v) is 3.24. The third-order valence-corrected chi connectivity index (χ3v) is 4.39. The van der Waals surface area contributed by atoms with Gasteiger partial charge in [-0.1, -0.05) is 0 Å². The second kappa shape index (κ2) is 5.33. The van der Waals surface area contributed by atoms with Gasteiger partial charge < -0.3 is 20.5 Å². The number of carboxylic acid groups (broad SMARTS) is 1. The molecule has 2 aliphatic heterocycles. The Morgan fingerprint density at radius 1 is 1.55 bits per heavy atom. The zero-order valence-electron chi connectivity index (χ0n) is 11.0. The third-order valence-electron chi connectivity index (χ3n) is 3.03. The molecule has 1 fully saturated rings. The van der Waals surface area contributed by atoms with Gasteiger partial charge in [-0.25, -0.2) is 9.59 Å². The van der Waals surface area contributed by atoms with Gasteiger partial charge in [0.25, 0.3) is 0 Å². The van der Waals surface area contributed by atoms with Gasteiger partial charge in [0.05, 0.1) is 0 Å². The molecule has 2 aliphatic rings. The fraction of sp³-hybridized carbons (Fsp3) is 0.545. The number of hydrogen-bond donors (Lipinski definition) is 2. The molecular formula is C11H15N3O5S. The van der Waals surface area contributed by atoms with E-state index in [4.69, 9.17) is 10.5 Å². The number of fused-ring (bicyclic) bond motifs is 1. The minimum atomic E-state index is -1.22. The van der Waals surface area contributed by atoms with E-state index >= 15 is 0 Å². The Balaban J connectivity index is 2.18. The van der Waals surface area contributed by atoms with Crippen molar-refractivity contribution < 1.29 is 24.2 Å². The van der Waals surface area contributed by atoms with Crippen molar-refractivity contribution in [1.29, 1.82) is 0 Å². The van der Waals surface area contributed by atoms with Crippen LogP contribution in [0.3, 0.4) is 0 Å². The fourth-order valence-electron chi connectivity index (χ4n) is 1.97. The Hall–Kier alpha value is -1.74. The molecule has 2 rings (SSSR count). The van der Waals surface area contributed by atoms with Crippen LogP contribution in [0.5, 0.6) is 0 Å². The highest BCUT2D eigenvalue weighted by atomic mass is 32.2. The van der Waals surface area contributed by atoms with Crippen LogP contribution in [-0.4, -0.2) is 70.7 Å². The first kappa shape index (κ1) is 14.7. The maximum Gasteiger partial charge on any atom is 0.409 e. The van der Waals surface area contributed by atoms with Crippen molar-refractivity contribution in [3.8, 4) is 0 Å². The highest BCUT2D eigenvalue weighted by Crippen LogP contribution is 2.39. The summed E-state index contributed by atoms with van der Waals surface area (Å²) in [6.45, 7) is -0.155. The van der Waals surface area contributed by atoms with Crippen LogP contribution < -0.4 is 5.73 Å². The summed E-state index contributed by atoms with van der Waals surface area (Å²) in [5.41, 5.74) is 5.91.